The molecule has 0 bridgehead atoms. The first kappa shape index (κ1) is 10.1. The summed E-state index contributed by atoms with van der Waals surface area (Å²) >= 11 is 0. The third kappa shape index (κ3) is 2.46. The zero-order valence-electron chi connectivity index (χ0n) is 7.60. The minimum absolute atomic E-state index is 0.223. The van der Waals surface area contributed by atoms with Crippen LogP contribution in [0.4, 0.5) is 0 Å². The predicted molar refractivity (Wildman–Crippen MR) is 49.7 cm³/mol. The van der Waals surface area contributed by atoms with Gasteiger partial charge in [0, 0.05) is 11.6 Å². The smallest absolute Gasteiger partial charge is 0.262 e. The lowest BCUT2D eigenvalue weighted by Crippen LogP contribution is -2.01. The molecule has 6 heteroatoms. The molecular weight excluding hydrogens is 194 g/mol. The van der Waals surface area contributed by atoms with Gasteiger partial charge in [-0.3, -0.25) is 0 Å². The van der Waals surface area contributed by atoms with Gasteiger partial charge in [-0.25, -0.2) is 4.21 Å². The van der Waals surface area contributed by atoms with E-state index in [0.29, 0.717) is 11.3 Å². The Morgan fingerprint density at radius 2 is 2.31 bits per heavy atom. The van der Waals surface area contributed by atoms with Crippen molar-refractivity contribution in [1.82, 2.24) is 5.16 Å². The molecule has 1 unspecified atom stereocenters. The van der Waals surface area contributed by atoms with Crippen molar-refractivity contribution in [3.8, 4) is 5.88 Å². The molecule has 13 heavy (non-hydrogen) atoms. The number of hydrogen-bond acceptors (Lipinski definition) is 4. The second kappa shape index (κ2) is 3.39. The van der Waals surface area contributed by atoms with Crippen molar-refractivity contribution >= 4 is 15.2 Å². The summed E-state index contributed by atoms with van der Waals surface area (Å²) < 4.78 is 29.8. The Bertz CT molecular complexity index is 406. The van der Waals surface area contributed by atoms with Gasteiger partial charge in [-0.2, -0.15) is 0 Å². The van der Waals surface area contributed by atoms with Crippen molar-refractivity contribution in [2.75, 3.05) is 13.4 Å². The summed E-state index contributed by atoms with van der Waals surface area (Å²) in [6.45, 7) is 1.65. The monoisotopic (exact) mass is 205 g/mol. The van der Waals surface area contributed by atoms with Crippen LogP contribution in [-0.2, 0) is 9.80 Å². The van der Waals surface area contributed by atoms with Crippen molar-refractivity contribution in [3.63, 3.8) is 0 Å². The highest BCUT2D eigenvalue weighted by molar-refractivity contribution is 7.95. The van der Waals surface area contributed by atoms with Crippen LogP contribution in [0, 0.1) is 6.92 Å². The van der Waals surface area contributed by atoms with Gasteiger partial charge in [-0.05, 0) is 12.1 Å². The van der Waals surface area contributed by atoms with Crippen LogP contribution in [0.1, 0.15) is 11.3 Å². The van der Waals surface area contributed by atoms with Gasteiger partial charge in [-0.15, -0.1) is 0 Å². The first-order valence-electron chi connectivity index (χ1n) is 3.50. The van der Waals surface area contributed by atoms with Crippen LogP contribution in [0.2, 0.25) is 0 Å². The van der Waals surface area contributed by atoms with Crippen LogP contribution >= 0.6 is 0 Å². The van der Waals surface area contributed by atoms with Gasteiger partial charge in [-0.1, -0.05) is 0 Å². The van der Waals surface area contributed by atoms with Crippen LogP contribution in [0.25, 0.3) is 0 Å². The SMILES string of the molecule is COc1noc(C)c1C=S(C)(=O)O. The van der Waals surface area contributed by atoms with Gasteiger partial charge in [0.1, 0.15) is 5.76 Å². The molecule has 0 saturated carbocycles. The van der Waals surface area contributed by atoms with Gasteiger partial charge in [0.2, 0.25) is 0 Å². The van der Waals surface area contributed by atoms with Crippen LogP contribution < -0.4 is 4.74 Å². The molecule has 1 aromatic rings. The normalized spacial score (nSPS) is 15.1. The number of rotatable bonds is 2. The molecular formula is C7H11NO4S. The van der Waals surface area contributed by atoms with Crippen LogP contribution in [0.5, 0.6) is 5.88 Å². The number of ether oxygens (including phenoxy) is 1. The molecule has 0 fully saturated rings. The van der Waals surface area contributed by atoms with E-state index in [0.717, 1.165) is 0 Å². The van der Waals surface area contributed by atoms with E-state index in [2.05, 4.69) is 5.16 Å². The fourth-order valence-electron chi connectivity index (χ4n) is 0.858. The molecule has 0 spiro atoms. The summed E-state index contributed by atoms with van der Waals surface area (Å²) in [7, 11) is -1.54. The summed E-state index contributed by atoms with van der Waals surface area (Å²) in [5.74, 6) is 0.682. The quantitative estimate of drug-likeness (QED) is 0.713. The third-order valence-electron chi connectivity index (χ3n) is 1.41. The lowest BCUT2D eigenvalue weighted by Gasteiger charge is -1.95. The first-order chi connectivity index (χ1) is 5.94. The van der Waals surface area contributed by atoms with Crippen molar-refractivity contribution in [2.45, 2.75) is 6.92 Å². The molecule has 5 nitrogen and oxygen atoms in total. The second-order valence-corrected chi connectivity index (χ2v) is 4.60. The molecule has 1 atom stereocenters. The van der Waals surface area contributed by atoms with Gasteiger partial charge >= 0.3 is 0 Å². The summed E-state index contributed by atoms with van der Waals surface area (Å²) in [5, 5.41) is 4.73. The van der Waals surface area contributed by atoms with Crippen molar-refractivity contribution in [2.24, 2.45) is 0 Å². The molecule has 0 aliphatic carbocycles. The van der Waals surface area contributed by atoms with Gasteiger partial charge in [0.05, 0.1) is 22.5 Å². The molecule has 1 rings (SSSR count). The standard InChI is InChI=1S/C7H11NO4S/c1-5-6(4-13(3,9)10)7(11-2)8-12-5/h4H,1-3H3,(H,9,10). The number of aryl methyl sites for hydroxylation is 1. The maximum atomic E-state index is 11.0. The molecule has 0 aromatic carbocycles. The Morgan fingerprint density at radius 3 is 2.77 bits per heavy atom. The molecule has 0 aliphatic heterocycles. The highest BCUT2D eigenvalue weighted by atomic mass is 32.2. The van der Waals surface area contributed by atoms with E-state index in [9.17, 15) is 4.21 Å². The molecule has 74 valence electrons. The van der Waals surface area contributed by atoms with E-state index in [1.807, 2.05) is 0 Å². The minimum Gasteiger partial charge on any atom is -0.478 e. The average Bonchev–Trinajstić information content (AvgIpc) is 2.30. The third-order valence-corrected chi connectivity index (χ3v) is 2.08. The molecule has 0 amide bonds. The number of methoxy groups -OCH3 is 1. The van der Waals surface area contributed by atoms with E-state index in [1.165, 1.54) is 18.7 Å². The topological polar surface area (TPSA) is 72.6 Å². The molecule has 1 aromatic heterocycles. The number of hydrogen-bond donors (Lipinski definition) is 1. The Balaban J connectivity index is 3.29. The van der Waals surface area contributed by atoms with Crippen LogP contribution in [0.3, 0.4) is 0 Å². The summed E-state index contributed by atoms with van der Waals surface area (Å²) in [5.41, 5.74) is 0.428. The van der Waals surface area contributed by atoms with E-state index in [1.54, 1.807) is 6.92 Å². The van der Waals surface area contributed by atoms with Gasteiger partial charge < -0.3 is 13.8 Å². The highest BCUT2D eigenvalue weighted by Crippen LogP contribution is 2.18. The van der Waals surface area contributed by atoms with E-state index in [-0.39, 0.29) is 5.88 Å². The minimum atomic E-state index is -2.96. The Hall–Kier alpha value is -1.01. The Morgan fingerprint density at radius 1 is 1.69 bits per heavy atom. The maximum Gasteiger partial charge on any atom is 0.262 e. The number of aromatic nitrogens is 1. The zero-order valence-corrected chi connectivity index (χ0v) is 8.42. The van der Waals surface area contributed by atoms with Gasteiger partial charge in [0.25, 0.3) is 5.88 Å². The van der Waals surface area contributed by atoms with Crippen molar-refractivity contribution in [1.29, 1.82) is 0 Å². The van der Waals surface area contributed by atoms with E-state index >= 15 is 0 Å². The fourth-order valence-corrected chi connectivity index (χ4v) is 1.56. The second-order valence-electron chi connectivity index (χ2n) is 2.64. The number of nitrogens with zero attached hydrogens (tertiary/aromatic N) is 1. The summed E-state index contributed by atoms with van der Waals surface area (Å²) in [6, 6.07) is 0. The predicted octanol–water partition coefficient (Wildman–Crippen LogP) is 0.529. The maximum absolute atomic E-state index is 11.0. The van der Waals surface area contributed by atoms with Crippen molar-refractivity contribution in [3.05, 3.63) is 11.3 Å². The lowest BCUT2D eigenvalue weighted by atomic mass is 10.3. The Labute approximate surface area is 76.5 Å². The molecule has 1 N–H and O–H groups in total. The summed E-state index contributed by atoms with van der Waals surface area (Å²) in [4.78, 5) is 0. The largest absolute Gasteiger partial charge is 0.478 e. The molecule has 0 aliphatic rings. The Kier molecular flexibility index (Phi) is 2.63. The zero-order chi connectivity index (χ0) is 10.1. The van der Waals surface area contributed by atoms with Crippen molar-refractivity contribution < 1.29 is 18.0 Å². The lowest BCUT2D eigenvalue weighted by molar-refractivity contribution is 0.331. The summed E-state index contributed by atoms with van der Waals surface area (Å²) in [6.07, 6.45) is 1.21. The molecule has 0 radical (unpaired) electrons. The van der Waals surface area contributed by atoms with E-state index in [4.69, 9.17) is 13.8 Å². The molecule has 1 heterocycles. The van der Waals surface area contributed by atoms with Crippen LogP contribution in [0.15, 0.2) is 4.52 Å². The fraction of sp³-hybridized carbons (Fsp3) is 0.429. The van der Waals surface area contributed by atoms with E-state index < -0.39 is 9.80 Å². The van der Waals surface area contributed by atoms with Crippen LogP contribution in [-0.4, -0.2) is 32.7 Å². The highest BCUT2D eigenvalue weighted by Gasteiger charge is 2.12. The van der Waals surface area contributed by atoms with Gasteiger partial charge in [0.15, 0.2) is 0 Å². The first-order valence-corrected chi connectivity index (χ1v) is 5.49. The molecule has 0 saturated heterocycles. The average molecular weight is 205 g/mol.